The predicted octanol–water partition coefficient (Wildman–Crippen LogP) is 3.14. The maximum atomic E-state index is 11.3. The van der Waals surface area contributed by atoms with Gasteiger partial charge in [0.25, 0.3) is 0 Å². The first-order chi connectivity index (χ1) is 8.99. The molecule has 5 heteroatoms. The van der Waals surface area contributed by atoms with E-state index < -0.39 is 11.2 Å². The van der Waals surface area contributed by atoms with Crippen molar-refractivity contribution in [3.05, 3.63) is 30.1 Å². The van der Waals surface area contributed by atoms with Gasteiger partial charge < -0.3 is 5.11 Å². The molecule has 2 rings (SSSR count). The van der Waals surface area contributed by atoms with Gasteiger partial charge >= 0.3 is 5.97 Å². The van der Waals surface area contributed by atoms with Crippen LogP contribution in [0.3, 0.4) is 0 Å². The van der Waals surface area contributed by atoms with E-state index in [1.807, 2.05) is 45.0 Å². The van der Waals surface area contributed by atoms with E-state index >= 15 is 0 Å². The molecule has 0 unspecified atom stereocenters. The van der Waals surface area contributed by atoms with E-state index in [2.05, 4.69) is 9.97 Å². The number of nitrogens with zero attached hydrogens (tertiary/aromatic N) is 2. The van der Waals surface area contributed by atoms with Crippen molar-refractivity contribution in [2.24, 2.45) is 5.92 Å². The summed E-state index contributed by atoms with van der Waals surface area (Å²) in [6.07, 6.45) is 0. The van der Waals surface area contributed by atoms with Crippen molar-refractivity contribution in [3.8, 4) is 0 Å². The van der Waals surface area contributed by atoms with E-state index in [1.165, 1.54) is 11.8 Å². The van der Waals surface area contributed by atoms with Crippen LogP contribution >= 0.6 is 11.8 Å². The Morgan fingerprint density at radius 3 is 2.58 bits per heavy atom. The van der Waals surface area contributed by atoms with Crippen LogP contribution in [-0.2, 0) is 4.79 Å². The van der Waals surface area contributed by atoms with E-state index in [1.54, 1.807) is 0 Å². The van der Waals surface area contributed by atoms with Gasteiger partial charge in [-0.2, -0.15) is 0 Å². The van der Waals surface area contributed by atoms with Crippen LogP contribution in [0, 0.1) is 12.8 Å². The number of para-hydroxylation sites is 1. The molecule has 0 spiro atoms. The van der Waals surface area contributed by atoms with E-state index in [9.17, 15) is 9.90 Å². The third-order valence-electron chi connectivity index (χ3n) is 2.77. The monoisotopic (exact) mass is 276 g/mol. The standard InChI is InChI=1S/C14H16N2O2S/c1-8(2)12(14(17)18)19-13-10-6-4-5-7-11(10)15-9(3)16-13/h4-8,12H,1-3H3,(H,17,18)/t12-/m0/s1. The summed E-state index contributed by atoms with van der Waals surface area (Å²) >= 11 is 1.30. The molecule has 1 N–H and O–H groups in total. The van der Waals surface area contributed by atoms with Crippen LogP contribution in [0.2, 0.25) is 0 Å². The summed E-state index contributed by atoms with van der Waals surface area (Å²) in [6, 6.07) is 7.67. The van der Waals surface area contributed by atoms with Crippen LogP contribution < -0.4 is 0 Å². The Morgan fingerprint density at radius 1 is 1.26 bits per heavy atom. The molecule has 0 saturated carbocycles. The topological polar surface area (TPSA) is 63.1 Å². The first-order valence-electron chi connectivity index (χ1n) is 6.12. The predicted molar refractivity (Wildman–Crippen MR) is 76.4 cm³/mol. The van der Waals surface area contributed by atoms with Crippen molar-refractivity contribution in [3.63, 3.8) is 0 Å². The molecule has 4 nitrogen and oxygen atoms in total. The van der Waals surface area contributed by atoms with E-state index in [0.717, 1.165) is 15.9 Å². The molecule has 2 aromatic rings. The molecular formula is C14H16N2O2S. The highest BCUT2D eigenvalue weighted by atomic mass is 32.2. The Labute approximate surface area is 116 Å². The zero-order valence-corrected chi connectivity index (χ0v) is 11.9. The molecule has 0 amide bonds. The number of aromatic nitrogens is 2. The number of aryl methyl sites for hydroxylation is 1. The summed E-state index contributed by atoms with van der Waals surface area (Å²) < 4.78 is 0. The molecule has 1 aromatic heterocycles. The Bertz CT molecular complexity index is 613. The lowest BCUT2D eigenvalue weighted by Gasteiger charge is -2.16. The number of hydrogen-bond acceptors (Lipinski definition) is 4. The second-order valence-electron chi connectivity index (χ2n) is 4.71. The number of thioether (sulfide) groups is 1. The fraction of sp³-hybridized carbons (Fsp3) is 0.357. The van der Waals surface area contributed by atoms with E-state index in [0.29, 0.717) is 5.82 Å². The number of benzene rings is 1. The van der Waals surface area contributed by atoms with Gasteiger partial charge in [-0.25, -0.2) is 9.97 Å². The molecule has 0 aliphatic rings. The average molecular weight is 276 g/mol. The van der Waals surface area contributed by atoms with Gasteiger partial charge in [0.1, 0.15) is 16.1 Å². The third kappa shape index (κ3) is 3.04. The second kappa shape index (κ2) is 5.57. The van der Waals surface area contributed by atoms with E-state index in [-0.39, 0.29) is 5.92 Å². The molecule has 1 aromatic carbocycles. The molecule has 0 radical (unpaired) electrons. The lowest BCUT2D eigenvalue weighted by atomic mass is 10.1. The minimum Gasteiger partial charge on any atom is -0.480 e. The maximum Gasteiger partial charge on any atom is 0.317 e. The van der Waals surface area contributed by atoms with Gasteiger partial charge in [-0.15, -0.1) is 0 Å². The number of carboxylic acids is 1. The minimum absolute atomic E-state index is 0.0385. The van der Waals surface area contributed by atoms with Gasteiger partial charge in [0.2, 0.25) is 0 Å². The first-order valence-corrected chi connectivity index (χ1v) is 7.00. The fourth-order valence-corrected chi connectivity index (χ4v) is 2.94. The van der Waals surface area contributed by atoms with Crippen molar-refractivity contribution in [1.29, 1.82) is 0 Å². The molecular weight excluding hydrogens is 260 g/mol. The van der Waals surface area contributed by atoms with Gasteiger partial charge in [-0.05, 0) is 18.9 Å². The second-order valence-corrected chi connectivity index (χ2v) is 5.84. The minimum atomic E-state index is -0.805. The normalized spacial score (nSPS) is 12.8. The highest BCUT2D eigenvalue weighted by molar-refractivity contribution is 8.00. The lowest BCUT2D eigenvalue weighted by Crippen LogP contribution is -2.22. The molecule has 19 heavy (non-hydrogen) atoms. The van der Waals surface area contributed by atoms with Gasteiger partial charge in [0.15, 0.2) is 0 Å². The van der Waals surface area contributed by atoms with Crippen molar-refractivity contribution >= 4 is 28.6 Å². The molecule has 0 aliphatic carbocycles. The highest BCUT2D eigenvalue weighted by Gasteiger charge is 2.24. The van der Waals surface area contributed by atoms with Gasteiger partial charge in [-0.1, -0.05) is 43.8 Å². The number of aliphatic carboxylic acids is 1. The quantitative estimate of drug-likeness (QED) is 0.686. The maximum absolute atomic E-state index is 11.3. The van der Waals surface area contributed by atoms with Crippen LogP contribution in [0.25, 0.3) is 10.9 Å². The molecule has 0 saturated heterocycles. The number of carboxylic acid groups (broad SMARTS) is 1. The molecule has 0 aliphatic heterocycles. The smallest absolute Gasteiger partial charge is 0.317 e. The Kier molecular flexibility index (Phi) is 4.04. The number of rotatable bonds is 4. The van der Waals surface area contributed by atoms with E-state index in [4.69, 9.17) is 0 Å². The number of hydrogen-bond donors (Lipinski definition) is 1. The van der Waals surface area contributed by atoms with Gasteiger partial charge in [-0.3, -0.25) is 4.79 Å². The zero-order chi connectivity index (χ0) is 14.0. The largest absolute Gasteiger partial charge is 0.480 e. The first kappa shape index (κ1) is 13.8. The van der Waals surface area contributed by atoms with Crippen LogP contribution in [0.1, 0.15) is 19.7 Å². The summed E-state index contributed by atoms with van der Waals surface area (Å²) in [6.45, 7) is 5.63. The average Bonchev–Trinajstić information content (AvgIpc) is 2.34. The van der Waals surface area contributed by atoms with Crippen molar-refractivity contribution in [2.45, 2.75) is 31.0 Å². The van der Waals surface area contributed by atoms with Gasteiger partial charge in [0.05, 0.1) is 5.52 Å². The van der Waals surface area contributed by atoms with Crippen molar-refractivity contribution in [2.75, 3.05) is 0 Å². The van der Waals surface area contributed by atoms with Crippen molar-refractivity contribution in [1.82, 2.24) is 9.97 Å². The Hall–Kier alpha value is -1.62. The molecule has 1 atom stereocenters. The summed E-state index contributed by atoms with van der Waals surface area (Å²) in [7, 11) is 0. The molecule has 1 heterocycles. The summed E-state index contributed by atoms with van der Waals surface area (Å²) in [4.78, 5) is 20.1. The fourth-order valence-electron chi connectivity index (χ4n) is 1.84. The summed E-state index contributed by atoms with van der Waals surface area (Å²) in [5.41, 5.74) is 0.852. The lowest BCUT2D eigenvalue weighted by molar-refractivity contribution is -0.137. The van der Waals surface area contributed by atoms with Crippen LogP contribution in [0.4, 0.5) is 0 Å². The molecule has 100 valence electrons. The van der Waals surface area contributed by atoms with Crippen LogP contribution in [0.15, 0.2) is 29.3 Å². The molecule has 0 fully saturated rings. The number of carbonyl (C=O) groups is 1. The zero-order valence-electron chi connectivity index (χ0n) is 11.1. The van der Waals surface area contributed by atoms with Crippen LogP contribution in [0.5, 0.6) is 0 Å². The SMILES string of the molecule is Cc1nc(S[C@H](C(=O)O)C(C)C)c2ccccc2n1. The third-order valence-corrected chi connectivity index (χ3v) is 4.30. The summed E-state index contributed by atoms with van der Waals surface area (Å²) in [5, 5.41) is 10.4. The Morgan fingerprint density at radius 2 is 1.95 bits per heavy atom. The summed E-state index contributed by atoms with van der Waals surface area (Å²) in [5.74, 6) is -0.106. The van der Waals surface area contributed by atoms with Gasteiger partial charge in [0, 0.05) is 5.39 Å². The Balaban J connectivity index is 2.47. The van der Waals surface area contributed by atoms with Crippen molar-refractivity contribution < 1.29 is 9.90 Å². The number of fused-ring (bicyclic) bond motifs is 1. The van der Waals surface area contributed by atoms with Crippen LogP contribution in [-0.4, -0.2) is 26.3 Å². The highest BCUT2D eigenvalue weighted by Crippen LogP contribution is 2.31. The molecule has 0 bridgehead atoms.